The van der Waals surface area contributed by atoms with Gasteiger partial charge in [0.15, 0.2) is 0 Å². The van der Waals surface area contributed by atoms with Crippen LogP contribution in [0.15, 0.2) is 65.9 Å². The zero-order chi connectivity index (χ0) is 23.3. The number of pyridine rings is 1. The number of halogens is 5. The van der Waals surface area contributed by atoms with E-state index < -0.39 is 41.3 Å². The maximum atomic E-state index is 15.5. The minimum Gasteiger partial charge on any atom is -0.322 e. The molecular formula is C22H20ClF4N5. The van der Waals surface area contributed by atoms with E-state index >= 15 is 8.78 Å². The number of hydrogen-bond donors (Lipinski definition) is 2. The molecule has 0 aliphatic carbocycles. The molecule has 0 fully saturated rings. The van der Waals surface area contributed by atoms with Crippen LogP contribution in [0.25, 0.3) is 0 Å². The van der Waals surface area contributed by atoms with E-state index in [0.29, 0.717) is 23.1 Å². The number of nitrogens with two attached hydrogens (primary N) is 2. The second-order valence-electron chi connectivity index (χ2n) is 7.16. The van der Waals surface area contributed by atoms with E-state index in [-0.39, 0.29) is 0 Å². The van der Waals surface area contributed by atoms with Gasteiger partial charge in [-0.2, -0.15) is 13.9 Å². The third-order valence-corrected chi connectivity index (χ3v) is 5.12. The van der Waals surface area contributed by atoms with Crippen molar-refractivity contribution in [1.29, 1.82) is 0 Å². The SMILES string of the molecule is N/N=C\N(N)CC(c1ccc(F)cc1F)C(F)(F)c1ccc(Cc2ccc(Cl)cc2)cn1. The summed E-state index contributed by atoms with van der Waals surface area (Å²) in [7, 11) is 0. The minimum atomic E-state index is -3.64. The van der Waals surface area contributed by atoms with E-state index in [9.17, 15) is 8.78 Å². The second kappa shape index (κ2) is 9.97. The molecule has 1 unspecified atom stereocenters. The molecule has 0 amide bonds. The van der Waals surface area contributed by atoms with Crippen molar-refractivity contribution in [3.8, 4) is 0 Å². The Balaban J connectivity index is 1.91. The molecule has 32 heavy (non-hydrogen) atoms. The fraction of sp³-hybridized carbons (Fsp3) is 0.182. The molecule has 0 aliphatic rings. The predicted octanol–water partition coefficient (Wildman–Crippen LogP) is 4.56. The highest BCUT2D eigenvalue weighted by atomic mass is 35.5. The number of nitrogens with zero attached hydrogens (tertiary/aromatic N) is 3. The highest BCUT2D eigenvalue weighted by Crippen LogP contribution is 2.42. The van der Waals surface area contributed by atoms with Crippen molar-refractivity contribution in [2.75, 3.05) is 6.54 Å². The van der Waals surface area contributed by atoms with Crippen molar-refractivity contribution in [2.45, 2.75) is 18.3 Å². The smallest absolute Gasteiger partial charge is 0.298 e. The molecule has 0 spiro atoms. The van der Waals surface area contributed by atoms with E-state index in [1.807, 2.05) is 12.1 Å². The van der Waals surface area contributed by atoms with Crippen LogP contribution in [-0.4, -0.2) is 22.9 Å². The standard InChI is InChI=1S/C22H20ClF4N5/c23-16-4-1-14(2-5-16)9-15-3-8-21(30-11-15)22(26,27)19(12-32(29)13-31-28)18-7-6-17(24)10-20(18)25/h1-8,10-11,13,19H,9,12,28-29H2/b31-13-. The van der Waals surface area contributed by atoms with Gasteiger partial charge < -0.3 is 5.84 Å². The lowest BCUT2D eigenvalue weighted by Crippen LogP contribution is -2.40. The van der Waals surface area contributed by atoms with Gasteiger partial charge in [0.2, 0.25) is 0 Å². The van der Waals surface area contributed by atoms with Gasteiger partial charge in [0, 0.05) is 23.8 Å². The van der Waals surface area contributed by atoms with E-state index in [1.165, 1.54) is 18.3 Å². The molecule has 1 heterocycles. The average Bonchev–Trinajstić information content (AvgIpc) is 2.75. The molecular weight excluding hydrogens is 446 g/mol. The molecule has 0 saturated carbocycles. The van der Waals surface area contributed by atoms with Crippen molar-refractivity contribution < 1.29 is 17.6 Å². The molecule has 0 aliphatic heterocycles. The van der Waals surface area contributed by atoms with Crippen molar-refractivity contribution in [3.63, 3.8) is 0 Å². The summed E-state index contributed by atoms with van der Waals surface area (Å²) in [6, 6.07) is 12.2. The van der Waals surface area contributed by atoms with E-state index in [0.717, 1.165) is 29.0 Å². The number of hydrazone groups is 1. The van der Waals surface area contributed by atoms with Crippen molar-refractivity contribution >= 4 is 17.9 Å². The summed E-state index contributed by atoms with van der Waals surface area (Å²) in [4.78, 5) is 3.92. The van der Waals surface area contributed by atoms with E-state index in [2.05, 4.69) is 10.1 Å². The predicted molar refractivity (Wildman–Crippen MR) is 115 cm³/mol. The Labute approximate surface area is 187 Å². The number of hydrazine groups is 1. The molecule has 10 heteroatoms. The van der Waals surface area contributed by atoms with Gasteiger partial charge in [-0.3, -0.25) is 9.99 Å². The molecule has 1 atom stereocenters. The van der Waals surface area contributed by atoms with Gasteiger partial charge >= 0.3 is 0 Å². The van der Waals surface area contributed by atoms with Gasteiger partial charge in [0.05, 0.1) is 5.92 Å². The number of rotatable bonds is 8. The molecule has 3 rings (SSSR count). The van der Waals surface area contributed by atoms with Crippen LogP contribution < -0.4 is 11.7 Å². The lowest BCUT2D eigenvalue weighted by atomic mass is 9.89. The average molecular weight is 466 g/mol. The van der Waals surface area contributed by atoms with Gasteiger partial charge in [0.25, 0.3) is 5.92 Å². The summed E-state index contributed by atoms with van der Waals surface area (Å²) in [6.45, 7) is -0.551. The van der Waals surface area contributed by atoms with Crippen LogP contribution in [0.1, 0.15) is 28.3 Å². The zero-order valence-electron chi connectivity index (χ0n) is 16.7. The topological polar surface area (TPSA) is 80.5 Å². The number of aromatic nitrogens is 1. The summed E-state index contributed by atoms with van der Waals surface area (Å²) in [5.74, 6) is 3.23. The van der Waals surface area contributed by atoms with Crippen LogP contribution in [0.4, 0.5) is 17.6 Å². The van der Waals surface area contributed by atoms with Crippen molar-refractivity contribution in [3.05, 3.63) is 99.8 Å². The molecule has 3 aromatic rings. The summed E-state index contributed by atoms with van der Waals surface area (Å²) in [6.07, 6.45) is 2.72. The summed E-state index contributed by atoms with van der Waals surface area (Å²) in [5.41, 5.74) is 0.641. The van der Waals surface area contributed by atoms with Crippen molar-refractivity contribution in [1.82, 2.24) is 9.99 Å². The Morgan fingerprint density at radius 2 is 1.75 bits per heavy atom. The Hall–Kier alpha value is -3.17. The van der Waals surface area contributed by atoms with Crippen LogP contribution in [0, 0.1) is 11.6 Å². The first-order chi connectivity index (χ1) is 15.2. The second-order valence-corrected chi connectivity index (χ2v) is 7.59. The quantitative estimate of drug-likeness (QED) is 0.168. The Morgan fingerprint density at radius 1 is 1.06 bits per heavy atom. The fourth-order valence-electron chi connectivity index (χ4n) is 3.28. The van der Waals surface area contributed by atoms with E-state index in [4.69, 9.17) is 23.3 Å². The Kier molecular flexibility index (Phi) is 7.32. The van der Waals surface area contributed by atoms with Crippen LogP contribution in [0.2, 0.25) is 5.02 Å². The van der Waals surface area contributed by atoms with Crippen LogP contribution in [0.3, 0.4) is 0 Å². The van der Waals surface area contributed by atoms with Gasteiger partial charge in [-0.05, 0) is 47.4 Å². The third-order valence-electron chi connectivity index (χ3n) is 4.87. The minimum absolute atomic E-state index is 0.413. The zero-order valence-corrected chi connectivity index (χ0v) is 17.5. The highest BCUT2D eigenvalue weighted by molar-refractivity contribution is 6.30. The van der Waals surface area contributed by atoms with Gasteiger partial charge in [-0.25, -0.2) is 14.6 Å². The third kappa shape index (κ3) is 5.54. The van der Waals surface area contributed by atoms with Gasteiger partial charge in [0.1, 0.15) is 23.7 Å². The molecule has 168 valence electrons. The van der Waals surface area contributed by atoms with Crippen LogP contribution in [-0.2, 0) is 12.3 Å². The Morgan fingerprint density at radius 3 is 2.34 bits per heavy atom. The number of alkyl halides is 2. The molecule has 0 radical (unpaired) electrons. The first kappa shape index (κ1) is 23.5. The van der Waals surface area contributed by atoms with Crippen LogP contribution in [0.5, 0.6) is 0 Å². The Bertz CT molecular complexity index is 1070. The lowest BCUT2D eigenvalue weighted by molar-refractivity contribution is -0.0443. The monoisotopic (exact) mass is 465 g/mol. The normalized spacial score (nSPS) is 12.8. The summed E-state index contributed by atoms with van der Waals surface area (Å²) in [5, 5.41) is 4.58. The van der Waals surface area contributed by atoms with Gasteiger partial charge in [-0.15, -0.1) is 0 Å². The molecule has 0 saturated heterocycles. The van der Waals surface area contributed by atoms with Crippen LogP contribution >= 0.6 is 11.6 Å². The molecule has 4 N–H and O–H groups in total. The maximum absolute atomic E-state index is 15.5. The number of hydrogen-bond acceptors (Lipinski definition) is 4. The fourth-order valence-corrected chi connectivity index (χ4v) is 3.40. The largest absolute Gasteiger partial charge is 0.322 e. The van der Waals surface area contributed by atoms with E-state index in [1.54, 1.807) is 12.1 Å². The lowest BCUT2D eigenvalue weighted by Gasteiger charge is -2.29. The summed E-state index contributed by atoms with van der Waals surface area (Å²) >= 11 is 5.87. The number of benzene rings is 2. The summed E-state index contributed by atoms with van der Waals surface area (Å²) < 4.78 is 58.7. The molecule has 1 aromatic heterocycles. The maximum Gasteiger partial charge on any atom is 0.298 e. The van der Waals surface area contributed by atoms with Gasteiger partial charge in [-0.1, -0.05) is 35.9 Å². The van der Waals surface area contributed by atoms with Crippen molar-refractivity contribution in [2.24, 2.45) is 16.8 Å². The highest BCUT2D eigenvalue weighted by Gasteiger charge is 2.45. The molecule has 5 nitrogen and oxygen atoms in total. The molecule has 2 aromatic carbocycles. The molecule has 0 bridgehead atoms. The first-order valence-corrected chi connectivity index (χ1v) is 9.86. The first-order valence-electron chi connectivity index (χ1n) is 9.48.